The number of benzene rings is 1. The minimum Gasteiger partial charge on any atom is -0.324 e. The first-order valence-electron chi connectivity index (χ1n) is 4.11. The molecule has 0 unspecified atom stereocenters. The highest BCUT2D eigenvalue weighted by molar-refractivity contribution is 8.00. The van der Waals surface area contributed by atoms with Crippen molar-refractivity contribution in [3.05, 3.63) is 24.0 Å². The van der Waals surface area contributed by atoms with Crippen LogP contribution in [0.5, 0.6) is 0 Å². The molecule has 0 aromatic heterocycles. The number of hydrogen-bond acceptors (Lipinski definition) is 2. The van der Waals surface area contributed by atoms with Crippen molar-refractivity contribution >= 4 is 23.4 Å². The van der Waals surface area contributed by atoms with E-state index >= 15 is 0 Å². The SMILES string of the molecule is CC(=O)Nc1ccc(SC(F)(F)F)cc1F. The van der Waals surface area contributed by atoms with Gasteiger partial charge in [0.05, 0.1) is 5.69 Å². The van der Waals surface area contributed by atoms with E-state index in [0.717, 1.165) is 18.2 Å². The van der Waals surface area contributed by atoms with Crippen LogP contribution < -0.4 is 5.32 Å². The number of rotatable bonds is 2. The van der Waals surface area contributed by atoms with Gasteiger partial charge in [0.1, 0.15) is 5.82 Å². The topological polar surface area (TPSA) is 29.1 Å². The normalized spacial score (nSPS) is 11.3. The predicted molar refractivity (Wildman–Crippen MR) is 52.6 cm³/mol. The van der Waals surface area contributed by atoms with Crippen LogP contribution in [0, 0.1) is 5.82 Å². The highest BCUT2D eigenvalue weighted by Crippen LogP contribution is 2.37. The molecule has 0 aliphatic rings. The van der Waals surface area contributed by atoms with Crippen LogP contribution in [0.2, 0.25) is 0 Å². The van der Waals surface area contributed by atoms with E-state index in [0.29, 0.717) is 0 Å². The van der Waals surface area contributed by atoms with Gasteiger partial charge >= 0.3 is 5.51 Å². The summed E-state index contributed by atoms with van der Waals surface area (Å²) in [6.45, 7) is 1.18. The zero-order chi connectivity index (χ0) is 12.3. The van der Waals surface area contributed by atoms with Gasteiger partial charge in [0.25, 0.3) is 0 Å². The average Bonchev–Trinajstić information content (AvgIpc) is 2.06. The van der Waals surface area contributed by atoms with Crippen molar-refractivity contribution in [2.45, 2.75) is 17.3 Å². The number of nitrogens with one attached hydrogen (secondary N) is 1. The van der Waals surface area contributed by atoms with Gasteiger partial charge < -0.3 is 5.32 Å². The molecule has 0 heterocycles. The Morgan fingerprint density at radius 1 is 1.38 bits per heavy atom. The van der Waals surface area contributed by atoms with Crippen LogP contribution in [0.1, 0.15) is 6.92 Å². The number of halogens is 4. The standard InChI is InChI=1S/C9H7F4NOS/c1-5(15)14-8-3-2-6(4-7(8)10)16-9(11,12)13/h2-4H,1H3,(H,14,15). The summed E-state index contributed by atoms with van der Waals surface area (Å²) in [6.07, 6.45) is 0. The van der Waals surface area contributed by atoms with Gasteiger partial charge in [-0.2, -0.15) is 13.2 Å². The second-order valence-corrected chi connectivity index (χ2v) is 4.01. The molecule has 0 aliphatic carbocycles. The number of hydrogen-bond donors (Lipinski definition) is 1. The highest BCUT2D eigenvalue weighted by atomic mass is 32.2. The van der Waals surface area contributed by atoms with E-state index in [2.05, 4.69) is 5.32 Å². The zero-order valence-corrected chi connectivity index (χ0v) is 8.88. The van der Waals surface area contributed by atoms with E-state index in [4.69, 9.17) is 0 Å². The van der Waals surface area contributed by atoms with E-state index in [9.17, 15) is 22.4 Å². The van der Waals surface area contributed by atoms with E-state index in [1.807, 2.05) is 0 Å². The Labute approximate surface area is 93.0 Å². The maximum absolute atomic E-state index is 13.2. The summed E-state index contributed by atoms with van der Waals surface area (Å²) in [4.78, 5) is 10.4. The minimum absolute atomic E-state index is 0.140. The zero-order valence-electron chi connectivity index (χ0n) is 8.06. The molecule has 1 rings (SSSR count). The third-order valence-electron chi connectivity index (χ3n) is 1.48. The molecule has 2 nitrogen and oxygen atoms in total. The molecule has 1 N–H and O–H groups in total. The number of carbonyl (C=O) groups excluding carboxylic acids is 1. The lowest BCUT2D eigenvalue weighted by Gasteiger charge is -2.08. The molecule has 0 aliphatic heterocycles. The predicted octanol–water partition coefficient (Wildman–Crippen LogP) is 3.40. The van der Waals surface area contributed by atoms with Crippen LogP contribution >= 0.6 is 11.8 Å². The Kier molecular flexibility index (Phi) is 3.79. The van der Waals surface area contributed by atoms with Crippen molar-refractivity contribution in [2.24, 2.45) is 0 Å². The first-order valence-corrected chi connectivity index (χ1v) is 4.92. The smallest absolute Gasteiger partial charge is 0.324 e. The van der Waals surface area contributed by atoms with Gasteiger partial charge in [-0.25, -0.2) is 4.39 Å². The lowest BCUT2D eigenvalue weighted by atomic mass is 10.3. The fourth-order valence-corrected chi connectivity index (χ4v) is 1.55. The molecule has 0 bridgehead atoms. The van der Waals surface area contributed by atoms with Gasteiger partial charge in [-0.05, 0) is 30.0 Å². The molecule has 0 saturated heterocycles. The first-order chi connectivity index (χ1) is 7.28. The second kappa shape index (κ2) is 4.73. The fourth-order valence-electron chi connectivity index (χ4n) is 0.984. The molecular formula is C9H7F4NOS. The summed E-state index contributed by atoms with van der Waals surface area (Å²) >= 11 is -0.410. The Bertz CT molecular complexity index is 405. The van der Waals surface area contributed by atoms with Crippen molar-refractivity contribution < 1.29 is 22.4 Å². The molecule has 0 spiro atoms. The van der Waals surface area contributed by atoms with Crippen molar-refractivity contribution in [3.8, 4) is 0 Å². The molecule has 88 valence electrons. The number of amides is 1. The van der Waals surface area contributed by atoms with Crippen LogP contribution in [-0.4, -0.2) is 11.4 Å². The Hall–Kier alpha value is -1.24. The number of carbonyl (C=O) groups is 1. The molecule has 0 saturated carbocycles. The average molecular weight is 253 g/mol. The molecule has 16 heavy (non-hydrogen) atoms. The summed E-state index contributed by atoms with van der Waals surface area (Å²) in [5.41, 5.74) is -4.60. The summed E-state index contributed by atoms with van der Waals surface area (Å²) in [5.74, 6) is -1.39. The van der Waals surface area contributed by atoms with Gasteiger partial charge in [0.15, 0.2) is 0 Å². The van der Waals surface area contributed by atoms with E-state index in [-0.39, 0.29) is 10.6 Å². The van der Waals surface area contributed by atoms with E-state index < -0.39 is 29.0 Å². The maximum Gasteiger partial charge on any atom is 0.446 e. The number of alkyl halides is 3. The second-order valence-electron chi connectivity index (χ2n) is 2.87. The summed E-state index contributed by atoms with van der Waals surface area (Å²) in [6, 6.07) is 2.90. The molecule has 0 fully saturated rings. The number of anilines is 1. The van der Waals surface area contributed by atoms with Gasteiger partial charge in [0, 0.05) is 11.8 Å². The third kappa shape index (κ3) is 4.09. The largest absolute Gasteiger partial charge is 0.446 e. The molecule has 1 aromatic carbocycles. The molecule has 1 amide bonds. The van der Waals surface area contributed by atoms with Crippen LogP contribution in [0.15, 0.2) is 23.1 Å². The summed E-state index contributed by atoms with van der Waals surface area (Å²) in [5, 5.41) is 2.16. The van der Waals surface area contributed by atoms with Crippen molar-refractivity contribution in [2.75, 3.05) is 5.32 Å². The van der Waals surface area contributed by atoms with Crippen molar-refractivity contribution in [1.29, 1.82) is 0 Å². The Morgan fingerprint density at radius 2 is 2.00 bits per heavy atom. The van der Waals surface area contributed by atoms with Crippen LogP contribution in [0.4, 0.5) is 23.2 Å². The van der Waals surface area contributed by atoms with Crippen LogP contribution in [0.3, 0.4) is 0 Å². The molecule has 0 radical (unpaired) electrons. The Balaban J connectivity index is 2.87. The van der Waals surface area contributed by atoms with Crippen molar-refractivity contribution in [1.82, 2.24) is 0 Å². The van der Waals surface area contributed by atoms with Gasteiger partial charge in [0.2, 0.25) is 5.91 Å². The highest BCUT2D eigenvalue weighted by Gasteiger charge is 2.29. The molecule has 0 atom stereocenters. The van der Waals surface area contributed by atoms with Gasteiger partial charge in [-0.1, -0.05) is 0 Å². The lowest BCUT2D eigenvalue weighted by Crippen LogP contribution is -2.07. The quantitative estimate of drug-likeness (QED) is 0.646. The van der Waals surface area contributed by atoms with Crippen molar-refractivity contribution in [3.63, 3.8) is 0 Å². The lowest BCUT2D eigenvalue weighted by molar-refractivity contribution is -0.114. The fraction of sp³-hybridized carbons (Fsp3) is 0.222. The van der Waals surface area contributed by atoms with E-state index in [1.54, 1.807) is 0 Å². The molecule has 1 aromatic rings. The molecule has 7 heteroatoms. The van der Waals surface area contributed by atoms with Crippen LogP contribution in [0.25, 0.3) is 0 Å². The van der Waals surface area contributed by atoms with Gasteiger partial charge in [-0.3, -0.25) is 4.79 Å². The first kappa shape index (κ1) is 12.8. The minimum atomic E-state index is -4.46. The maximum atomic E-state index is 13.2. The van der Waals surface area contributed by atoms with Crippen LogP contribution in [-0.2, 0) is 4.79 Å². The van der Waals surface area contributed by atoms with Gasteiger partial charge in [-0.15, -0.1) is 0 Å². The third-order valence-corrected chi connectivity index (χ3v) is 2.21. The molecular weight excluding hydrogens is 246 g/mol. The monoisotopic (exact) mass is 253 g/mol. The number of thioether (sulfide) groups is 1. The summed E-state index contributed by atoms with van der Waals surface area (Å²) < 4.78 is 49.1. The Morgan fingerprint density at radius 3 is 2.44 bits per heavy atom. The summed E-state index contributed by atoms with van der Waals surface area (Å²) in [7, 11) is 0. The van der Waals surface area contributed by atoms with E-state index in [1.165, 1.54) is 6.92 Å².